The van der Waals surface area contributed by atoms with E-state index < -0.39 is 86.8 Å². The second kappa shape index (κ2) is 60.1. The van der Waals surface area contributed by atoms with Crippen LogP contribution < -0.4 is 5.32 Å². The lowest BCUT2D eigenvalue weighted by atomic mass is 9.97. The number of ether oxygens (including phenoxy) is 4. The van der Waals surface area contributed by atoms with Crippen molar-refractivity contribution in [2.45, 2.75) is 338 Å². The van der Waals surface area contributed by atoms with Crippen molar-refractivity contribution in [3.05, 3.63) is 122 Å². The summed E-state index contributed by atoms with van der Waals surface area (Å²) in [5.74, 6) is -0.276. The van der Waals surface area contributed by atoms with Gasteiger partial charge in [-0.1, -0.05) is 283 Å². The van der Waals surface area contributed by atoms with Crippen LogP contribution in [0.5, 0.6) is 0 Å². The van der Waals surface area contributed by atoms with Gasteiger partial charge in [0.05, 0.1) is 32.0 Å². The quantitative estimate of drug-likeness (QED) is 0.0204. The lowest BCUT2D eigenvalue weighted by Gasteiger charge is -2.46. The number of nitrogens with one attached hydrogen (secondary N) is 1. The van der Waals surface area contributed by atoms with Crippen LogP contribution in [0.15, 0.2) is 122 Å². The van der Waals surface area contributed by atoms with Crippen LogP contribution in [0.25, 0.3) is 0 Å². The zero-order valence-electron chi connectivity index (χ0n) is 56.8. The SMILES string of the molecule is CC/C=C\C/C=C\C/C=C\C/C=C\C/C=C\C/C=C\C/C=C\C/C=C\CCCCCCC(=O)NC(COC1OC(CO)C(OC2OC(CO)C(O)C(O)C2O)C(O)C1O)C(O)/C=C/CC/C=C/CCCCCCCCCCCCCCCCCCCCCCCC. The number of carbonyl (C=O) groups excluding carboxylic acids is 1. The summed E-state index contributed by atoms with van der Waals surface area (Å²) in [7, 11) is 0. The highest BCUT2D eigenvalue weighted by atomic mass is 16.7. The van der Waals surface area contributed by atoms with Crippen LogP contribution in [0.2, 0.25) is 0 Å². The summed E-state index contributed by atoms with van der Waals surface area (Å²) < 4.78 is 22.8. The first kappa shape index (κ1) is 83.5. The van der Waals surface area contributed by atoms with Gasteiger partial charge in [-0.2, -0.15) is 0 Å². The topological polar surface area (TPSA) is 228 Å². The number of allylic oxidation sites excluding steroid dienone is 19. The van der Waals surface area contributed by atoms with Gasteiger partial charge < -0.3 is 65.1 Å². The predicted molar refractivity (Wildman–Crippen MR) is 373 cm³/mol. The van der Waals surface area contributed by atoms with Crippen LogP contribution in [0, 0.1) is 0 Å². The van der Waals surface area contributed by atoms with Crippen LogP contribution in [0.4, 0.5) is 0 Å². The Hall–Kier alpha value is -3.61. The molecule has 91 heavy (non-hydrogen) atoms. The minimum absolute atomic E-state index is 0.236. The maximum atomic E-state index is 13.3. The van der Waals surface area contributed by atoms with E-state index in [2.05, 4.69) is 129 Å². The summed E-state index contributed by atoms with van der Waals surface area (Å²) in [6.07, 6.45) is 71.1. The molecular weight excluding hydrogens is 1150 g/mol. The Bertz CT molecular complexity index is 1990. The molecule has 14 nitrogen and oxygen atoms in total. The second-order valence-electron chi connectivity index (χ2n) is 25.0. The molecule has 2 rings (SSSR count). The van der Waals surface area contributed by atoms with Crippen molar-refractivity contribution in [1.29, 1.82) is 0 Å². The number of carbonyl (C=O) groups is 1. The molecule has 0 bridgehead atoms. The first-order chi connectivity index (χ1) is 44.6. The highest BCUT2D eigenvalue weighted by molar-refractivity contribution is 5.76. The number of aliphatic hydroxyl groups is 8. The van der Waals surface area contributed by atoms with Crippen LogP contribution in [0.3, 0.4) is 0 Å². The van der Waals surface area contributed by atoms with Gasteiger partial charge in [-0.25, -0.2) is 0 Å². The van der Waals surface area contributed by atoms with Crippen molar-refractivity contribution in [2.75, 3.05) is 19.8 Å². The van der Waals surface area contributed by atoms with Gasteiger partial charge in [0, 0.05) is 6.42 Å². The van der Waals surface area contributed by atoms with Crippen molar-refractivity contribution < 1.29 is 64.6 Å². The summed E-state index contributed by atoms with van der Waals surface area (Å²) in [5.41, 5.74) is 0. The van der Waals surface area contributed by atoms with Gasteiger partial charge in [0.15, 0.2) is 12.6 Å². The van der Waals surface area contributed by atoms with Gasteiger partial charge >= 0.3 is 0 Å². The minimum atomic E-state index is -1.80. The zero-order valence-corrected chi connectivity index (χ0v) is 56.8. The van der Waals surface area contributed by atoms with E-state index in [0.717, 1.165) is 89.9 Å². The first-order valence-corrected chi connectivity index (χ1v) is 36.3. The highest BCUT2D eigenvalue weighted by Gasteiger charge is 2.51. The molecule has 1 amide bonds. The monoisotopic (exact) mass is 1280 g/mol. The van der Waals surface area contributed by atoms with Gasteiger partial charge in [0.2, 0.25) is 5.91 Å². The average Bonchev–Trinajstić information content (AvgIpc) is 1.06. The smallest absolute Gasteiger partial charge is 0.220 e. The number of aliphatic hydroxyl groups excluding tert-OH is 8. The Labute approximate surface area is 552 Å². The van der Waals surface area contributed by atoms with Crippen LogP contribution in [-0.2, 0) is 23.7 Å². The van der Waals surface area contributed by atoms with Gasteiger partial charge in [0.1, 0.15) is 48.8 Å². The van der Waals surface area contributed by atoms with E-state index >= 15 is 0 Å². The lowest BCUT2D eigenvalue weighted by Crippen LogP contribution is -2.65. The summed E-state index contributed by atoms with van der Waals surface area (Å²) in [6.45, 7) is 2.67. The van der Waals surface area contributed by atoms with E-state index in [4.69, 9.17) is 18.9 Å². The fraction of sp³-hybridized carbons (Fsp3) is 0.727. The molecule has 0 aromatic carbocycles. The molecule has 0 aliphatic carbocycles. The third-order valence-electron chi connectivity index (χ3n) is 16.9. The lowest BCUT2D eigenvalue weighted by molar-refractivity contribution is -0.359. The molecular formula is C77H131NO13. The molecule has 9 N–H and O–H groups in total. The molecule has 2 aliphatic rings. The van der Waals surface area contributed by atoms with Crippen LogP contribution >= 0.6 is 0 Å². The van der Waals surface area contributed by atoms with E-state index in [1.54, 1.807) is 6.08 Å². The Morgan fingerprint density at radius 2 is 0.769 bits per heavy atom. The Morgan fingerprint density at radius 1 is 0.407 bits per heavy atom. The van der Waals surface area contributed by atoms with Crippen molar-refractivity contribution in [2.24, 2.45) is 0 Å². The Balaban J connectivity index is 1.72. The molecule has 2 aliphatic heterocycles. The number of rotatable bonds is 58. The molecule has 2 heterocycles. The summed E-state index contributed by atoms with van der Waals surface area (Å²) in [6, 6.07) is -0.957. The first-order valence-electron chi connectivity index (χ1n) is 36.3. The highest BCUT2D eigenvalue weighted by Crippen LogP contribution is 2.30. The zero-order chi connectivity index (χ0) is 65.9. The molecule has 0 saturated carbocycles. The van der Waals surface area contributed by atoms with Crippen molar-refractivity contribution in [3.63, 3.8) is 0 Å². The van der Waals surface area contributed by atoms with E-state index in [1.807, 2.05) is 6.08 Å². The van der Waals surface area contributed by atoms with Crippen molar-refractivity contribution in [3.8, 4) is 0 Å². The standard InChI is InChI=1S/C77H131NO13/c1-3-5-7-9-11-13-15-17-19-21-23-25-27-29-31-33-35-37-39-41-43-45-47-49-51-53-55-57-59-61-69(82)78-65(64-88-76-74(87)72(85)75(68(63-80)90-76)91-77-73(86)71(84)70(83)67(62-79)89-77)66(81)60-58-56-54-52-50-48-46-44-42-40-38-36-34-32-30-28-26-24-22-20-18-16-14-12-10-8-6-4-2/h5,7,11,13,17,19,23,25,29,31,35,37,41,43,47,49-50,52,58,60,65-68,70-77,79-81,83-87H,3-4,6,8-10,12,14-16,18,20-22,24,26-28,30,32-34,36,38-40,42,44-46,48,51,53-57,59,61-64H2,1-2H3,(H,78,82)/b7-5-,13-11-,19-17-,25-23-,31-29-,37-35-,43-41-,49-47-,52-50+,60-58+. The Kier molecular flexibility index (Phi) is 55.1. The van der Waals surface area contributed by atoms with Crippen LogP contribution in [0.1, 0.15) is 264 Å². The van der Waals surface area contributed by atoms with E-state index in [1.165, 1.54) is 141 Å². The average molecular weight is 1280 g/mol. The molecule has 522 valence electrons. The molecule has 12 unspecified atom stereocenters. The van der Waals surface area contributed by atoms with Gasteiger partial charge in [0.25, 0.3) is 0 Å². The Morgan fingerprint density at radius 3 is 1.21 bits per heavy atom. The number of hydrogen-bond acceptors (Lipinski definition) is 13. The second-order valence-corrected chi connectivity index (χ2v) is 25.0. The third-order valence-corrected chi connectivity index (χ3v) is 16.9. The van der Waals surface area contributed by atoms with E-state index in [-0.39, 0.29) is 18.9 Å². The largest absolute Gasteiger partial charge is 0.394 e. The molecule has 0 aromatic heterocycles. The van der Waals surface area contributed by atoms with E-state index in [9.17, 15) is 45.6 Å². The number of unbranched alkanes of at least 4 members (excludes halogenated alkanes) is 27. The molecule has 2 fully saturated rings. The van der Waals surface area contributed by atoms with Gasteiger partial charge in [-0.15, -0.1) is 0 Å². The molecule has 0 aromatic rings. The predicted octanol–water partition coefficient (Wildman–Crippen LogP) is 15.3. The number of amides is 1. The summed E-state index contributed by atoms with van der Waals surface area (Å²) in [4.78, 5) is 13.3. The normalized spacial score (nSPS) is 23.5. The van der Waals surface area contributed by atoms with Crippen molar-refractivity contribution >= 4 is 5.91 Å². The molecule has 0 radical (unpaired) electrons. The molecule has 2 saturated heterocycles. The molecule has 14 heteroatoms. The van der Waals surface area contributed by atoms with Gasteiger partial charge in [-0.05, 0) is 96.3 Å². The van der Waals surface area contributed by atoms with Crippen molar-refractivity contribution in [1.82, 2.24) is 5.32 Å². The minimum Gasteiger partial charge on any atom is -0.394 e. The number of hydrogen-bond donors (Lipinski definition) is 9. The molecule has 12 atom stereocenters. The fourth-order valence-corrected chi connectivity index (χ4v) is 11.1. The maximum absolute atomic E-state index is 13.3. The fourth-order valence-electron chi connectivity index (χ4n) is 11.1. The summed E-state index contributed by atoms with van der Waals surface area (Å²) in [5, 5.41) is 87.5. The van der Waals surface area contributed by atoms with E-state index in [0.29, 0.717) is 12.8 Å². The molecule has 0 spiro atoms. The third kappa shape index (κ3) is 43.9. The van der Waals surface area contributed by atoms with Gasteiger partial charge in [-0.3, -0.25) is 4.79 Å². The summed E-state index contributed by atoms with van der Waals surface area (Å²) >= 11 is 0. The maximum Gasteiger partial charge on any atom is 0.220 e. The van der Waals surface area contributed by atoms with Crippen LogP contribution in [-0.4, -0.2) is 140 Å².